The van der Waals surface area contributed by atoms with Crippen molar-refractivity contribution in [2.75, 3.05) is 39.6 Å². The topological polar surface area (TPSA) is 27.7 Å². The third-order valence-electron chi connectivity index (χ3n) is 4.62. The van der Waals surface area contributed by atoms with Crippen molar-refractivity contribution in [2.24, 2.45) is 11.3 Å². The first kappa shape index (κ1) is 23.9. The molecule has 0 aliphatic carbocycles. The van der Waals surface area contributed by atoms with Gasteiger partial charge in [-0.15, -0.1) is 0 Å². The molecular formula is C21H44O3. The van der Waals surface area contributed by atoms with E-state index in [9.17, 15) is 0 Å². The lowest BCUT2D eigenvalue weighted by Crippen LogP contribution is -2.38. The lowest BCUT2D eigenvalue weighted by molar-refractivity contribution is -0.0746. The summed E-state index contributed by atoms with van der Waals surface area (Å²) < 4.78 is 17.8. The minimum atomic E-state index is 0.0228. The summed E-state index contributed by atoms with van der Waals surface area (Å²) in [5, 5.41) is 0. The summed E-state index contributed by atoms with van der Waals surface area (Å²) in [7, 11) is 0. The molecule has 3 nitrogen and oxygen atoms in total. The van der Waals surface area contributed by atoms with Crippen molar-refractivity contribution in [1.29, 1.82) is 0 Å². The fraction of sp³-hybridized carbons (Fsp3) is 1.00. The highest BCUT2D eigenvalue weighted by molar-refractivity contribution is 4.79. The van der Waals surface area contributed by atoms with Crippen LogP contribution in [0.4, 0.5) is 0 Å². The standard InChI is InChI=1S/C21H44O3/c1-6-14-22-17-21(18-23-15-7-2,19-24-16-8-3)13-11-10-12-20(5)9-4/h20H,6-19H2,1-5H3. The number of hydrogen-bond acceptors (Lipinski definition) is 3. The molecule has 0 amide bonds. The average molecular weight is 345 g/mol. The second kappa shape index (κ2) is 16.4. The van der Waals surface area contributed by atoms with Gasteiger partial charge in [0.1, 0.15) is 0 Å². The highest BCUT2D eigenvalue weighted by Crippen LogP contribution is 2.28. The predicted octanol–water partition coefficient (Wildman–Crippen LogP) is 5.86. The first-order valence-corrected chi connectivity index (χ1v) is 10.4. The van der Waals surface area contributed by atoms with E-state index in [2.05, 4.69) is 34.6 Å². The van der Waals surface area contributed by atoms with E-state index in [0.29, 0.717) is 0 Å². The lowest BCUT2D eigenvalue weighted by atomic mass is 9.84. The minimum Gasteiger partial charge on any atom is -0.381 e. The second-order valence-corrected chi connectivity index (χ2v) is 7.42. The van der Waals surface area contributed by atoms with Gasteiger partial charge in [0.2, 0.25) is 0 Å². The molecule has 0 aromatic heterocycles. The predicted molar refractivity (Wildman–Crippen MR) is 104 cm³/mol. The van der Waals surface area contributed by atoms with E-state index in [0.717, 1.165) is 71.2 Å². The summed E-state index contributed by atoms with van der Waals surface area (Å²) in [4.78, 5) is 0. The van der Waals surface area contributed by atoms with Crippen LogP contribution in [0.2, 0.25) is 0 Å². The van der Waals surface area contributed by atoms with Crippen LogP contribution in [0, 0.1) is 11.3 Å². The average Bonchev–Trinajstić information content (AvgIpc) is 2.59. The number of hydrogen-bond donors (Lipinski definition) is 0. The number of ether oxygens (including phenoxy) is 3. The number of unbranched alkanes of at least 4 members (excludes halogenated alkanes) is 1. The van der Waals surface area contributed by atoms with Crippen LogP contribution in [-0.2, 0) is 14.2 Å². The van der Waals surface area contributed by atoms with Gasteiger partial charge in [-0.3, -0.25) is 0 Å². The molecule has 0 heterocycles. The third-order valence-corrected chi connectivity index (χ3v) is 4.62. The van der Waals surface area contributed by atoms with Gasteiger partial charge in [-0.25, -0.2) is 0 Å². The Morgan fingerprint density at radius 2 is 1.17 bits per heavy atom. The zero-order valence-corrected chi connectivity index (χ0v) is 17.2. The maximum atomic E-state index is 5.95. The van der Waals surface area contributed by atoms with Crippen molar-refractivity contribution in [3.63, 3.8) is 0 Å². The highest BCUT2D eigenvalue weighted by Gasteiger charge is 2.31. The fourth-order valence-corrected chi connectivity index (χ4v) is 2.84. The molecular weight excluding hydrogens is 300 g/mol. The smallest absolute Gasteiger partial charge is 0.0566 e. The summed E-state index contributed by atoms with van der Waals surface area (Å²) >= 11 is 0. The SMILES string of the molecule is CCCOCC(CCCCC(C)CC)(COCCC)COCCC. The van der Waals surface area contributed by atoms with Gasteiger partial charge in [-0.1, -0.05) is 60.3 Å². The maximum Gasteiger partial charge on any atom is 0.0566 e. The zero-order chi connectivity index (χ0) is 18.1. The second-order valence-electron chi connectivity index (χ2n) is 7.42. The van der Waals surface area contributed by atoms with Crippen LogP contribution in [0.5, 0.6) is 0 Å². The molecule has 0 bridgehead atoms. The van der Waals surface area contributed by atoms with Crippen LogP contribution in [0.15, 0.2) is 0 Å². The molecule has 0 N–H and O–H groups in total. The molecule has 0 aromatic carbocycles. The summed E-state index contributed by atoms with van der Waals surface area (Å²) in [6.45, 7) is 15.9. The van der Waals surface area contributed by atoms with Gasteiger partial charge in [0.15, 0.2) is 0 Å². The molecule has 0 spiro atoms. The Hall–Kier alpha value is -0.120. The quantitative estimate of drug-likeness (QED) is 0.291. The first-order chi connectivity index (χ1) is 11.6. The summed E-state index contributed by atoms with van der Waals surface area (Å²) in [5.41, 5.74) is 0.0228. The van der Waals surface area contributed by atoms with Crippen LogP contribution in [0.25, 0.3) is 0 Å². The Morgan fingerprint density at radius 1 is 0.708 bits per heavy atom. The molecule has 0 saturated heterocycles. The van der Waals surface area contributed by atoms with Crippen molar-refractivity contribution in [3.8, 4) is 0 Å². The van der Waals surface area contributed by atoms with Crippen molar-refractivity contribution in [1.82, 2.24) is 0 Å². The zero-order valence-electron chi connectivity index (χ0n) is 17.2. The summed E-state index contributed by atoms with van der Waals surface area (Å²) in [5.74, 6) is 0.837. The van der Waals surface area contributed by atoms with Crippen molar-refractivity contribution in [2.45, 2.75) is 86.0 Å². The Balaban J connectivity index is 4.59. The molecule has 0 saturated carbocycles. The van der Waals surface area contributed by atoms with E-state index in [1.807, 2.05) is 0 Å². The van der Waals surface area contributed by atoms with Gasteiger partial charge < -0.3 is 14.2 Å². The van der Waals surface area contributed by atoms with Crippen molar-refractivity contribution < 1.29 is 14.2 Å². The monoisotopic (exact) mass is 344 g/mol. The molecule has 0 aliphatic heterocycles. The van der Waals surface area contributed by atoms with Crippen LogP contribution >= 0.6 is 0 Å². The Bertz CT molecular complexity index is 229. The van der Waals surface area contributed by atoms with E-state index >= 15 is 0 Å². The fourth-order valence-electron chi connectivity index (χ4n) is 2.84. The minimum absolute atomic E-state index is 0.0228. The van der Waals surface area contributed by atoms with E-state index in [1.54, 1.807) is 0 Å². The van der Waals surface area contributed by atoms with Gasteiger partial charge in [0.05, 0.1) is 19.8 Å². The molecule has 1 unspecified atom stereocenters. The Morgan fingerprint density at radius 3 is 1.54 bits per heavy atom. The highest BCUT2D eigenvalue weighted by atomic mass is 16.5. The van der Waals surface area contributed by atoms with Crippen LogP contribution in [0.3, 0.4) is 0 Å². The van der Waals surface area contributed by atoms with Crippen LogP contribution in [0.1, 0.15) is 86.0 Å². The maximum absolute atomic E-state index is 5.95. The van der Waals surface area contributed by atoms with Gasteiger partial charge >= 0.3 is 0 Å². The molecule has 24 heavy (non-hydrogen) atoms. The molecule has 0 rings (SSSR count). The molecule has 1 atom stereocenters. The molecule has 0 aliphatic rings. The van der Waals surface area contributed by atoms with Gasteiger partial charge in [0.25, 0.3) is 0 Å². The Labute approximate surface area is 151 Å². The van der Waals surface area contributed by atoms with E-state index < -0.39 is 0 Å². The van der Waals surface area contributed by atoms with E-state index in [1.165, 1.54) is 25.7 Å². The van der Waals surface area contributed by atoms with E-state index in [-0.39, 0.29) is 5.41 Å². The Kier molecular flexibility index (Phi) is 16.3. The molecule has 146 valence electrons. The van der Waals surface area contributed by atoms with Gasteiger partial charge in [-0.05, 0) is 31.6 Å². The van der Waals surface area contributed by atoms with Crippen LogP contribution in [-0.4, -0.2) is 39.6 Å². The van der Waals surface area contributed by atoms with E-state index in [4.69, 9.17) is 14.2 Å². The molecule has 0 fully saturated rings. The van der Waals surface area contributed by atoms with Crippen LogP contribution < -0.4 is 0 Å². The summed E-state index contributed by atoms with van der Waals surface area (Å²) in [6.07, 6.45) is 9.48. The third kappa shape index (κ3) is 12.3. The largest absolute Gasteiger partial charge is 0.381 e. The summed E-state index contributed by atoms with van der Waals surface area (Å²) in [6, 6.07) is 0. The van der Waals surface area contributed by atoms with Gasteiger partial charge in [0, 0.05) is 25.2 Å². The van der Waals surface area contributed by atoms with Gasteiger partial charge in [-0.2, -0.15) is 0 Å². The van der Waals surface area contributed by atoms with Crippen molar-refractivity contribution in [3.05, 3.63) is 0 Å². The van der Waals surface area contributed by atoms with Crippen molar-refractivity contribution >= 4 is 0 Å². The molecule has 3 heteroatoms. The lowest BCUT2D eigenvalue weighted by Gasteiger charge is -2.33. The normalized spacial score (nSPS) is 13.4. The molecule has 0 aromatic rings. The number of rotatable bonds is 18. The molecule has 0 radical (unpaired) electrons. The first-order valence-electron chi connectivity index (χ1n) is 10.4.